The van der Waals surface area contributed by atoms with Crippen LogP contribution in [0.3, 0.4) is 0 Å². The minimum atomic E-state index is -3.40. The van der Waals surface area contributed by atoms with Crippen LogP contribution in [-0.4, -0.2) is 8.42 Å². The van der Waals surface area contributed by atoms with Crippen molar-refractivity contribution >= 4 is 10.0 Å². The Morgan fingerprint density at radius 3 is 2.04 bits per heavy atom. The van der Waals surface area contributed by atoms with Gasteiger partial charge in [0, 0.05) is 6.54 Å². The summed E-state index contributed by atoms with van der Waals surface area (Å²) in [6.45, 7) is 0.223. The first-order chi connectivity index (χ1) is 12.1. The predicted molar refractivity (Wildman–Crippen MR) is 98.9 cm³/mol. The highest BCUT2D eigenvalue weighted by molar-refractivity contribution is 7.88. The molecule has 0 aliphatic rings. The molecule has 0 aliphatic carbocycles. The second-order valence-corrected chi connectivity index (χ2v) is 7.44. The van der Waals surface area contributed by atoms with E-state index in [1.54, 1.807) is 12.1 Å². The summed E-state index contributed by atoms with van der Waals surface area (Å²) < 4.78 is 32.8. The van der Waals surface area contributed by atoms with Gasteiger partial charge in [-0.1, -0.05) is 60.7 Å². The Morgan fingerprint density at radius 2 is 1.32 bits per heavy atom. The van der Waals surface area contributed by atoms with Gasteiger partial charge in [0.15, 0.2) is 0 Å². The van der Waals surface area contributed by atoms with Crippen molar-refractivity contribution in [2.24, 2.45) is 0 Å². The molecular formula is C20H19NO3S. The number of nitrogens with one attached hydrogen (secondary N) is 1. The smallest absolute Gasteiger partial charge is 0.216 e. The van der Waals surface area contributed by atoms with Crippen LogP contribution < -0.4 is 9.46 Å². The van der Waals surface area contributed by atoms with Gasteiger partial charge in [0.05, 0.1) is 5.75 Å². The van der Waals surface area contributed by atoms with E-state index >= 15 is 0 Å². The van der Waals surface area contributed by atoms with Crippen LogP contribution in [0.1, 0.15) is 11.1 Å². The Kier molecular flexibility index (Phi) is 5.48. The first-order valence-electron chi connectivity index (χ1n) is 7.94. The number of rotatable bonds is 7. The standard InChI is InChI=1S/C20H19NO3S/c22-25(23,16-17-8-3-1-4-9-17)21-15-18-10-7-13-20(14-18)24-19-11-5-2-6-12-19/h1-14,21H,15-16H2. The zero-order valence-corrected chi connectivity index (χ0v) is 14.4. The number of sulfonamides is 1. The normalized spacial score (nSPS) is 11.2. The molecule has 0 atom stereocenters. The lowest BCUT2D eigenvalue weighted by molar-refractivity contribution is 0.482. The van der Waals surface area contributed by atoms with Crippen molar-refractivity contribution in [3.8, 4) is 11.5 Å². The minimum absolute atomic E-state index is 0.0337. The van der Waals surface area contributed by atoms with Crippen LogP contribution in [0.2, 0.25) is 0 Å². The lowest BCUT2D eigenvalue weighted by Crippen LogP contribution is -2.24. The predicted octanol–water partition coefficient (Wildman–Crippen LogP) is 4.10. The Bertz CT molecular complexity index is 910. The molecule has 0 radical (unpaired) electrons. The van der Waals surface area contributed by atoms with Crippen LogP contribution >= 0.6 is 0 Å². The lowest BCUT2D eigenvalue weighted by Gasteiger charge is -2.09. The summed E-state index contributed by atoms with van der Waals surface area (Å²) in [6.07, 6.45) is 0. The SMILES string of the molecule is O=S(=O)(Cc1ccccc1)NCc1cccc(Oc2ccccc2)c1. The van der Waals surface area contributed by atoms with Crippen LogP contribution in [-0.2, 0) is 22.3 Å². The third-order valence-corrected chi connectivity index (χ3v) is 4.87. The van der Waals surface area contributed by atoms with Gasteiger partial charge in [0.25, 0.3) is 0 Å². The van der Waals surface area contributed by atoms with E-state index in [0.29, 0.717) is 5.75 Å². The first kappa shape index (κ1) is 17.2. The van der Waals surface area contributed by atoms with Crippen LogP contribution in [0.15, 0.2) is 84.9 Å². The maximum Gasteiger partial charge on any atom is 0.216 e. The average molecular weight is 353 g/mol. The third kappa shape index (κ3) is 5.45. The molecule has 0 spiro atoms. The molecule has 4 nitrogen and oxygen atoms in total. The molecule has 25 heavy (non-hydrogen) atoms. The molecule has 0 aromatic heterocycles. The topological polar surface area (TPSA) is 55.4 Å². The molecule has 1 N–H and O–H groups in total. The van der Waals surface area contributed by atoms with Crippen molar-refractivity contribution < 1.29 is 13.2 Å². The van der Waals surface area contributed by atoms with E-state index in [1.807, 2.05) is 72.8 Å². The van der Waals surface area contributed by atoms with Crippen molar-refractivity contribution in [1.29, 1.82) is 0 Å². The third-order valence-electron chi connectivity index (χ3n) is 3.57. The Hall–Kier alpha value is -2.63. The number of hydrogen-bond acceptors (Lipinski definition) is 3. The second-order valence-electron chi connectivity index (χ2n) is 5.63. The quantitative estimate of drug-likeness (QED) is 0.696. The summed E-state index contributed by atoms with van der Waals surface area (Å²) in [5.74, 6) is 1.38. The summed E-state index contributed by atoms with van der Waals surface area (Å²) in [7, 11) is -3.40. The minimum Gasteiger partial charge on any atom is -0.457 e. The van der Waals surface area contributed by atoms with Gasteiger partial charge in [-0.25, -0.2) is 13.1 Å². The number of benzene rings is 3. The molecule has 3 rings (SSSR count). The molecule has 0 aliphatic heterocycles. The van der Waals surface area contributed by atoms with Crippen molar-refractivity contribution in [3.05, 3.63) is 96.1 Å². The summed E-state index contributed by atoms with van der Waals surface area (Å²) in [6, 6.07) is 26.0. The molecule has 0 amide bonds. The van der Waals surface area contributed by atoms with Gasteiger partial charge < -0.3 is 4.74 Å². The van der Waals surface area contributed by atoms with Crippen molar-refractivity contribution in [2.75, 3.05) is 0 Å². The number of hydrogen-bond donors (Lipinski definition) is 1. The van der Waals surface area contributed by atoms with E-state index in [4.69, 9.17) is 4.74 Å². The van der Waals surface area contributed by atoms with E-state index in [9.17, 15) is 8.42 Å². The van der Waals surface area contributed by atoms with Gasteiger partial charge >= 0.3 is 0 Å². The summed E-state index contributed by atoms with van der Waals surface area (Å²) in [4.78, 5) is 0. The van der Waals surface area contributed by atoms with Crippen molar-refractivity contribution in [3.63, 3.8) is 0 Å². The molecule has 5 heteroatoms. The van der Waals surface area contributed by atoms with Gasteiger partial charge in [-0.3, -0.25) is 0 Å². The maximum atomic E-state index is 12.2. The molecule has 0 saturated carbocycles. The van der Waals surface area contributed by atoms with E-state index in [-0.39, 0.29) is 12.3 Å². The monoisotopic (exact) mass is 353 g/mol. The Labute approximate surface area is 148 Å². The average Bonchev–Trinajstić information content (AvgIpc) is 2.62. The van der Waals surface area contributed by atoms with E-state index in [0.717, 1.165) is 16.9 Å². The molecule has 0 heterocycles. The van der Waals surface area contributed by atoms with Gasteiger partial charge in [0.1, 0.15) is 11.5 Å². The molecule has 3 aromatic rings. The largest absolute Gasteiger partial charge is 0.457 e. The molecule has 0 bridgehead atoms. The molecule has 0 unspecified atom stereocenters. The maximum absolute atomic E-state index is 12.2. The van der Waals surface area contributed by atoms with E-state index < -0.39 is 10.0 Å². The van der Waals surface area contributed by atoms with E-state index in [1.165, 1.54) is 0 Å². The fourth-order valence-corrected chi connectivity index (χ4v) is 3.50. The zero-order valence-electron chi connectivity index (χ0n) is 13.6. The van der Waals surface area contributed by atoms with Crippen molar-refractivity contribution in [2.45, 2.75) is 12.3 Å². The molecule has 0 fully saturated rings. The fourth-order valence-electron chi connectivity index (χ4n) is 2.38. The Balaban J connectivity index is 1.62. The summed E-state index contributed by atoms with van der Waals surface area (Å²) in [5, 5.41) is 0. The van der Waals surface area contributed by atoms with Gasteiger partial charge in [-0.05, 0) is 35.4 Å². The van der Waals surface area contributed by atoms with Crippen molar-refractivity contribution in [1.82, 2.24) is 4.72 Å². The lowest BCUT2D eigenvalue weighted by atomic mass is 10.2. The first-order valence-corrected chi connectivity index (χ1v) is 9.59. The van der Waals surface area contributed by atoms with Crippen LogP contribution in [0.5, 0.6) is 11.5 Å². The fraction of sp³-hybridized carbons (Fsp3) is 0.100. The highest BCUT2D eigenvalue weighted by atomic mass is 32.2. The van der Waals surface area contributed by atoms with E-state index in [2.05, 4.69) is 4.72 Å². The van der Waals surface area contributed by atoms with Crippen LogP contribution in [0.25, 0.3) is 0 Å². The van der Waals surface area contributed by atoms with Gasteiger partial charge in [-0.2, -0.15) is 0 Å². The van der Waals surface area contributed by atoms with Gasteiger partial charge in [-0.15, -0.1) is 0 Å². The molecule has 128 valence electrons. The van der Waals surface area contributed by atoms with Gasteiger partial charge in [0.2, 0.25) is 10.0 Å². The van der Waals surface area contributed by atoms with Crippen LogP contribution in [0, 0.1) is 0 Å². The molecule has 3 aromatic carbocycles. The number of ether oxygens (including phenoxy) is 1. The number of para-hydroxylation sites is 1. The molecular weight excluding hydrogens is 334 g/mol. The second kappa shape index (κ2) is 7.96. The summed E-state index contributed by atoms with van der Waals surface area (Å²) in [5.41, 5.74) is 1.60. The highest BCUT2D eigenvalue weighted by Crippen LogP contribution is 2.21. The highest BCUT2D eigenvalue weighted by Gasteiger charge is 2.11. The Morgan fingerprint density at radius 1 is 0.720 bits per heavy atom. The molecule has 0 saturated heterocycles. The summed E-state index contributed by atoms with van der Waals surface area (Å²) >= 11 is 0. The zero-order chi connectivity index (χ0) is 17.5. The van der Waals surface area contributed by atoms with Crippen LogP contribution in [0.4, 0.5) is 0 Å².